The van der Waals surface area contributed by atoms with Crippen molar-refractivity contribution in [3.05, 3.63) is 168 Å². The summed E-state index contributed by atoms with van der Waals surface area (Å²) in [5.74, 6) is 0.884. The number of hydrogen-bond donors (Lipinski definition) is 0. The topological polar surface area (TPSA) is 34.0 Å². The third-order valence-corrected chi connectivity index (χ3v) is 9.64. The van der Waals surface area contributed by atoms with Crippen molar-refractivity contribution >= 4 is 60.5 Å². The van der Waals surface area contributed by atoms with E-state index in [1.165, 1.54) is 38.2 Å². The van der Waals surface area contributed by atoms with Crippen LogP contribution in [0.5, 0.6) is 0 Å². The average molecular weight is 631 g/mol. The standard InChI is InChI=1S/C45H34N4/c1-29-25-30(2)43(31(3)26-29)49-44(47-40-20-12-24-46-45(40)49)38-22-23-42(37-19-10-9-18-36(37)38)48(35-16-5-4-6-17-35)41-21-11-15-34-27-32-13-7-8-14-33(32)28-39(34)41/h4-28H,1-3H3. The van der Waals surface area contributed by atoms with Crippen LogP contribution in [0, 0.1) is 20.8 Å². The second-order valence-electron chi connectivity index (χ2n) is 12.9. The predicted molar refractivity (Wildman–Crippen MR) is 206 cm³/mol. The molecule has 9 rings (SSSR count). The van der Waals surface area contributed by atoms with E-state index in [1.807, 2.05) is 12.3 Å². The minimum atomic E-state index is 0.856. The minimum Gasteiger partial charge on any atom is -0.309 e. The van der Waals surface area contributed by atoms with Gasteiger partial charge in [0.2, 0.25) is 0 Å². The Bertz CT molecular complexity index is 2680. The third kappa shape index (κ3) is 4.76. The number of rotatable bonds is 5. The Hall–Kier alpha value is -6.26. The number of pyridine rings is 1. The lowest BCUT2D eigenvalue weighted by atomic mass is 9.98. The summed E-state index contributed by atoms with van der Waals surface area (Å²) in [6, 6.07) is 52.2. The van der Waals surface area contributed by atoms with E-state index in [4.69, 9.17) is 9.97 Å². The SMILES string of the molecule is Cc1cc(C)c(-n2c(-c3ccc(N(c4ccccc4)c4cccc5cc6ccccc6cc45)c4ccccc34)nc3cccnc32)c(C)c1. The number of aryl methyl sites for hydroxylation is 3. The summed E-state index contributed by atoms with van der Waals surface area (Å²) < 4.78 is 2.26. The Kier molecular flexibility index (Phi) is 6.77. The Morgan fingerprint density at radius 3 is 2.00 bits per heavy atom. The van der Waals surface area contributed by atoms with Gasteiger partial charge in [-0.1, -0.05) is 96.6 Å². The molecule has 0 aliphatic rings. The van der Waals surface area contributed by atoms with E-state index >= 15 is 0 Å². The largest absolute Gasteiger partial charge is 0.309 e. The molecule has 4 nitrogen and oxygen atoms in total. The number of para-hydroxylation sites is 1. The number of aromatic nitrogens is 3. The highest BCUT2D eigenvalue weighted by Crippen LogP contribution is 2.45. The fraction of sp³-hybridized carbons (Fsp3) is 0.0667. The minimum absolute atomic E-state index is 0.856. The molecular formula is C45H34N4. The van der Waals surface area contributed by atoms with Crippen LogP contribution in [-0.4, -0.2) is 14.5 Å². The third-order valence-electron chi connectivity index (χ3n) is 9.64. The zero-order valence-corrected chi connectivity index (χ0v) is 27.7. The summed E-state index contributed by atoms with van der Waals surface area (Å²) >= 11 is 0. The Morgan fingerprint density at radius 1 is 0.531 bits per heavy atom. The van der Waals surface area contributed by atoms with Crippen LogP contribution in [0.3, 0.4) is 0 Å². The number of anilines is 3. The van der Waals surface area contributed by atoms with E-state index in [-0.39, 0.29) is 0 Å². The van der Waals surface area contributed by atoms with Crippen LogP contribution in [0.15, 0.2) is 152 Å². The van der Waals surface area contributed by atoms with Gasteiger partial charge in [0.1, 0.15) is 11.3 Å². The van der Waals surface area contributed by atoms with Crippen molar-refractivity contribution in [1.29, 1.82) is 0 Å². The van der Waals surface area contributed by atoms with Gasteiger partial charge in [-0.3, -0.25) is 4.57 Å². The summed E-state index contributed by atoms with van der Waals surface area (Å²) in [4.78, 5) is 12.5. The van der Waals surface area contributed by atoms with E-state index in [9.17, 15) is 0 Å². The fourth-order valence-electron chi connectivity index (χ4n) is 7.63. The van der Waals surface area contributed by atoms with Crippen LogP contribution in [-0.2, 0) is 0 Å². The van der Waals surface area contributed by atoms with Gasteiger partial charge in [-0.15, -0.1) is 0 Å². The van der Waals surface area contributed by atoms with Crippen LogP contribution in [0.4, 0.5) is 17.1 Å². The predicted octanol–water partition coefficient (Wildman–Crippen LogP) is 11.9. The van der Waals surface area contributed by atoms with Gasteiger partial charge in [-0.05, 0) is 108 Å². The Balaban J connectivity index is 1.33. The average Bonchev–Trinajstić information content (AvgIpc) is 3.50. The summed E-state index contributed by atoms with van der Waals surface area (Å²) in [6.07, 6.45) is 1.86. The van der Waals surface area contributed by atoms with Crippen LogP contribution in [0.1, 0.15) is 16.7 Å². The molecule has 0 atom stereocenters. The molecule has 9 aromatic rings. The normalized spacial score (nSPS) is 11.6. The molecule has 0 amide bonds. The van der Waals surface area contributed by atoms with Gasteiger partial charge in [0.25, 0.3) is 0 Å². The highest BCUT2D eigenvalue weighted by atomic mass is 15.2. The Morgan fingerprint density at radius 2 is 1.20 bits per heavy atom. The lowest BCUT2D eigenvalue weighted by molar-refractivity contribution is 1.04. The number of hydrogen-bond acceptors (Lipinski definition) is 3. The van der Waals surface area contributed by atoms with Crippen LogP contribution < -0.4 is 4.90 Å². The first-order chi connectivity index (χ1) is 24.0. The first-order valence-corrected chi connectivity index (χ1v) is 16.8. The van der Waals surface area contributed by atoms with E-state index in [1.54, 1.807) is 0 Å². The molecule has 0 saturated heterocycles. The molecule has 2 heterocycles. The van der Waals surface area contributed by atoms with E-state index in [0.717, 1.165) is 56.1 Å². The van der Waals surface area contributed by atoms with Crippen LogP contribution >= 0.6 is 0 Å². The summed E-state index contributed by atoms with van der Waals surface area (Å²) in [6.45, 7) is 6.51. The summed E-state index contributed by atoms with van der Waals surface area (Å²) in [7, 11) is 0. The molecule has 0 saturated carbocycles. The van der Waals surface area contributed by atoms with Gasteiger partial charge < -0.3 is 4.90 Å². The molecule has 234 valence electrons. The molecule has 49 heavy (non-hydrogen) atoms. The van der Waals surface area contributed by atoms with Gasteiger partial charge >= 0.3 is 0 Å². The van der Waals surface area contributed by atoms with Crippen molar-refractivity contribution in [3.63, 3.8) is 0 Å². The van der Waals surface area contributed by atoms with E-state index < -0.39 is 0 Å². The molecule has 4 heteroatoms. The molecule has 0 aliphatic heterocycles. The molecule has 0 aliphatic carbocycles. The molecule has 0 spiro atoms. The molecule has 0 fully saturated rings. The van der Waals surface area contributed by atoms with Gasteiger partial charge in [-0.2, -0.15) is 0 Å². The number of benzene rings is 7. The van der Waals surface area contributed by atoms with Gasteiger partial charge in [0.15, 0.2) is 5.65 Å². The molecule has 0 N–H and O–H groups in total. The van der Waals surface area contributed by atoms with Crippen molar-refractivity contribution in [2.75, 3.05) is 4.90 Å². The molecular weight excluding hydrogens is 597 g/mol. The fourth-order valence-corrected chi connectivity index (χ4v) is 7.63. The number of nitrogens with zero attached hydrogens (tertiary/aromatic N) is 4. The Labute approximate surface area is 285 Å². The van der Waals surface area contributed by atoms with Crippen molar-refractivity contribution in [1.82, 2.24) is 14.5 Å². The smallest absolute Gasteiger partial charge is 0.164 e. The second-order valence-corrected chi connectivity index (χ2v) is 12.9. The summed E-state index contributed by atoms with van der Waals surface area (Å²) in [5, 5.41) is 7.16. The number of fused-ring (bicyclic) bond motifs is 4. The first-order valence-electron chi connectivity index (χ1n) is 16.8. The summed E-state index contributed by atoms with van der Waals surface area (Å²) in [5.41, 5.74) is 10.9. The number of imidazole rings is 1. The maximum absolute atomic E-state index is 5.26. The highest BCUT2D eigenvalue weighted by Gasteiger charge is 2.23. The maximum Gasteiger partial charge on any atom is 0.164 e. The van der Waals surface area contributed by atoms with Crippen LogP contribution in [0.2, 0.25) is 0 Å². The van der Waals surface area contributed by atoms with Crippen molar-refractivity contribution < 1.29 is 0 Å². The van der Waals surface area contributed by atoms with Gasteiger partial charge in [0.05, 0.1) is 17.1 Å². The highest BCUT2D eigenvalue weighted by molar-refractivity contribution is 6.10. The lowest BCUT2D eigenvalue weighted by Gasteiger charge is -2.28. The van der Waals surface area contributed by atoms with Crippen molar-refractivity contribution in [2.45, 2.75) is 20.8 Å². The van der Waals surface area contributed by atoms with Crippen molar-refractivity contribution in [3.8, 4) is 17.1 Å². The van der Waals surface area contributed by atoms with E-state index in [2.05, 4.69) is 170 Å². The molecule has 0 bridgehead atoms. The van der Waals surface area contributed by atoms with Gasteiger partial charge in [0, 0.05) is 28.2 Å². The second kappa shape index (κ2) is 11.5. The molecule has 2 aromatic heterocycles. The first kappa shape index (κ1) is 28.9. The zero-order chi connectivity index (χ0) is 33.1. The zero-order valence-electron chi connectivity index (χ0n) is 27.7. The van der Waals surface area contributed by atoms with Gasteiger partial charge in [-0.25, -0.2) is 9.97 Å². The maximum atomic E-state index is 5.26. The van der Waals surface area contributed by atoms with E-state index in [0.29, 0.717) is 0 Å². The van der Waals surface area contributed by atoms with Crippen molar-refractivity contribution in [2.24, 2.45) is 0 Å². The van der Waals surface area contributed by atoms with Crippen LogP contribution in [0.25, 0.3) is 60.6 Å². The lowest BCUT2D eigenvalue weighted by Crippen LogP contribution is -2.11. The monoisotopic (exact) mass is 630 g/mol. The molecule has 0 unspecified atom stereocenters. The quantitative estimate of drug-likeness (QED) is 0.177. The molecule has 7 aromatic carbocycles. The molecule has 0 radical (unpaired) electrons.